The highest BCUT2D eigenvalue weighted by molar-refractivity contribution is 6.31. The summed E-state index contributed by atoms with van der Waals surface area (Å²) in [5.74, 6) is 0.833. The average molecular weight is 342 g/mol. The molecule has 0 saturated heterocycles. The molecule has 6 heteroatoms. The molecule has 5 nitrogen and oxygen atoms in total. The first-order chi connectivity index (χ1) is 11.5. The minimum absolute atomic E-state index is 0.171. The van der Waals surface area contributed by atoms with Gasteiger partial charge >= 0.3 is 0 Å². The molecule has 0 fully saturated rings. The number of nitrogens with one attached hydrogen (secondary N) is 1. The molecule has 0 radical (unpaired) electrons. The second kappa shape index (κ2) is 6.84. The summed E-state index contributed by atoms with van der Waals surface area (Å²) in [4.78, 5) is 16.5. The first-order valence-corrected chi connectivity index (χ1v) is 7.88. The quantitative estimate of drug-likeness (QED) is 0.772. The van der Waals surface area contributed by atoms with Crippen LogP contribution in [-0.4, -0.2) is 16.0 Å². The fraction of sp³-hybridized carbons (Fsp3) is 0.167. The fourth-order valence-electron chi connectivity index (χ4n) is 2.36. The largest absolute Gasteiger partial charge is 0.345 e. The second-order valence-electron chi connectivity index (χ2n) is 5.44. The number of hydrogen-bond acceptors (Lipinski definition) is 4. The molecule has 1 amide bonds. The lowest BCUT2D eigenvalue weighted by atomic mass is 10.1. The number of carbonyl (C=O) groups excluding carboxylic acids is 1. The first-order valence-electron chi connectivity index (χ1n) is 7.50. The highest BCUT2D eigenvalue weighted by Gasteiger charge is 2.14. The molecule has 0 aliphatic carbocycles. The normalized spacial score (nSPS) is 12.0. The van der Waals surface area contributed by atoms with Crippen molar-refractivity contribution in [1.29, 1.82) is 0 Å². The Bertz CT molecular complexity index is 859. The summed E-state index contributed by atoms with van der Waals surface area (Å²) in [7, 11) is 0. The number of nitrogens with zero attached hydrogens (tertiary/aromatic N) is 2. The molecule has 1 unspecified atom stereocenters. The fourth-order valence-corrected chi connectivity index (χ4v) is 2.66. The van der Waals surface area contributed by atoms with Crippen molar-refractivity contribution >= 4 is 17.5 Å². The highest BCUT2D eigenvalue weighted by Crippen LogP contribution is 2.23. The van der Waals surface area contributed by atoms with Crippen LogP contribution in [0.25, 0.3) is 11.5 Å². The minimum atomic E-state index is -0.190. The van der Waals surface area contributed by atoms with Gasteiger partial charge in [-0.15, -0.1) is 0 Å². The van der Waals surface area contributed by atoms with Crippen LogP contribution >= 0.6 is 11.6 Å². The maximum Gasteiger partial charge on any atom is 0.257 e. The lowest BCUT2D eigenvalue weighted by Crippen LogP contribution is -2.26. The Morgan fingerprint density at radius 2 is 1.88 bits per heavy atom. The summed E-state index contributed by atoms with van der Waals surface area (Å²) >= 11 is 6.16. The van der Waals surface area contributed by atoms with Gasteiger partial charge in [-0.1, -0.05) is 35.0 Å². The van der Waals surface area contributed by atoms with Crippen molar-refractivity contribution < 1.29 is 9.32 Å². The topological polar surface area (TPSA) is 68.0 Å². The van der Waals surface area contributed by atoms with Crippen molar-refractivity contribution in [3.63, 3.8) is 0 Å². The Labute approximate surface area is 144 Å². The molecule has 1 N–H and O–H groups in total. The molecule has 2 aromatic carbocycles. The number of benzene rings is 2. The van der Waals surface area contributed by atoms with Crippen LogP contribution in [0.4, 0.5) is 0 Å². The molecular formula is C18H16ClN3O2. The lowest BCUT2D eigenvalue weighted by Gasteiger charge is -2.15. The van der Waals surface area contributed by atoms with Gasteiger partial charge in [-0.25, -0.2) is 0 Å². The van der Waals surface area contributed by atoms with Gasteiger partial charge in [0.25, 0.3) is 11.8 Å². The van der Waals surface area contributed by atoms with E-state index in [2.05, 4.69) is 15.5 Å². The summed E-state index contributed by atoms with van der Waals surface area (Å²) in [6, 6.07) is 14.3. The van der Waals surface area contributed by atoms with Gasteiger partial charge in [0, 0.05) is 16.1 Å². The van der Waals surface area contributed by atoms with E-state index in [-0.39, 0.29) is 11.9 Å². The molecule has 24 heavy (non-hydrogen) atoms. The third-order valence-electron chi connectivity index (χ3n) is 3.64. The zero-order valence-corrected chi connectivity index (χ0v) is 14.0. The van der Waals surface area contributed by atoms with Gasteiger partial charge in [-0.3, -0.25) is 4.79 Å². The summed E-state index contributed by atoms with van der Waals surface area (Å²) < 4.78 is 5.11. The van der Waals surface area contributed by atoms with Crippen molar-refractivity contribution in [1.82, 2.24) is 15.5 Å². The molecule has 3 rings (SSSR count). The number of halogens is 1. The predicted molar refractivity (Wildman–Crippen MR) is 91.8 cm³/mol. The maximum atomic E-state index is 12.4. The molecule has 0 saturated carbocycles. The van der Waals surface area contributed by atoms with Crippen molar-refractivity contribution in [2.75, 3.05) is 0 Å². The number of carbonyl (C=O) groups is 1. The van der Waals surface area contributed by atoms with Crippen LogP contribution in [0.3, 0.4) is 0 Å². The van der Waals surface area contributed by atoms with Gasteiger partial charge in [-0.2, -0.15) is 4.98 Å². The second-order valence-corrected chi connectivity index (χ2v) is 5.85. The van der Waals surface area contributed by atoms with E-state index >= 15 is 0 Å². The van der Waals surface area contributed by atoms with E-state index in [9.17, 15) is 4.79 Å². The molecular weight excluding hydrogens is 326 g/mol. The highest BCUT2D eigenvalue weighted by atomic mass is 35.5. The van der Waals surface area contributed by atoms with Crippen LogP contribution < -0.4 is 5.32 Å². The van der Waals surface area contributed by atoms with E-state index in [0.717, 1.165) is 11.1 Å². The van der Waals surface area contributed by atoms with E-state index in [4.69, 9.17) is 16.1 Å². The van der Waals surface area contributed by atoms with E-state index in [1.54, 1.807) is 37.3 Å². The third kappa shape index (κ3) is 3.46. The SMILES string of the molecule is Cc1noc(-c2ccc(C(=O)NC(C)c3ccccc3Cl)cc2)n1. The van der Waals surface area contributed by atoms with Crippen molar-refractivity contribution in [2.45, 2.75) is 19.9 Å². The minimum Gasteiger partial charge on any atom is -0.345 e. The number of aryl methyl sites for hydroxylation is 1. The first kappa shape index (κ1) is 16.2. The zero-order valence-electron chi connectivity index (χ0n) is 13.3. The van der Waals surface area contributed by atoms with Crippen molar-refractivity contribution in [3.8, 4) is 11.5 Å². The van der Waals surface area contributed by atoms with Gasteiger partial charge in [-0.05, 0) is 49.7 Å². The van der Waals surface area contributed by atoms with Gasteiger partial charge < -0.3 is 9.84 Å². The van der Waals surface area contributed by atoms with E-state index < -0.39 is 0 Å². The number of amides is 1. The molecule has 1 heterocycles. The van der Waals surface area contributed by atoms with Gasteiger partial charge in [0.05, 0.1) is 6.04 Å². The summed E-state index contributed by atoms with van der Waals surface area (Å²) in [5, 5.41) is 7.33. The van der Waals surface area contributed by atoms with Gasteiger partial charge in [0.15, 0.2) is 5.82 Å². The standard InChI is InChI=1S/C18H16ClN3O2/c1-11(15-5-3-4-6-16(15)19)20-17(23)13-7-9-14(10-8-13)18-21-12(2)22-24-18/h3-11H,1-2H3,(H,20,23). The van der Waals surface area contributed by atoms with Crippen LogP contribution in [-0.2, 0) is 0 Å². The summed E-state index contributed by atoms with van der Waals surface area (Å²) in [6.07, 6.45) is 0. The van der Waals surface area contributed by atoms with Crippen molar-refractivity contribution in [3.05, 3.63) is 70.5 Å². The van der Waals surface area contributed by atoms with E-state index in [0.29, 0.717) is 22.3 Å². The molecule has 1 aromatic heterocycles. The molecule has 0 aliphatic rings. The smallest absolute Gasteiger partial charge is 0.257 e. The van der Waals surface area contributed by atoms with Crippen LogP contribution in [0.15, 0.2) is 53.1 Å². The Balaban J connectivity index is 1.72. The van der Waals surface area contributed by atoms with Gasteiger partial charge in [0.1, 0.15) is 0 Å². The molecule has 3 aromatic rings. The molecule has 0 spiro atoms. The summed E-state index contributed by atoms with van der Waals surface area (Å²) in [6.45, 7) is 3.65. The van der Waals surface area contributed by atoms with Crippen LogP contribution in [0.5, 0.6) is 0 Å². The Morgan fingerprint density at radius 3 is 2.50 bits per heavy atom. The van der Waals surface area contributed by atoms with E-state index in [1.807, 2.05) is 25.1 Å². The number of rotatable bonds is 4. The van der Waals surface area contributed by atoms with Crippen molar-refractivity contribution in [2.24, 2.45) is 0 Å². The monoisotopic (exact) mass is 341 g/mol. The summed E-state index contributed by atoms with van der Waals surface area (Å²) in [5.41, 5.74) is 2.20. The van der Waals surface area contributed by atoms with E-state index in [1.165, 1.54) is 0 Å². The molecule has 0 bridgehead atoms. The Hall–Kier alpha value is -2.66. The van der Waals surface area contributed by atoms with Crippen LogP contribution in [0, 0.1) is 6.92 Å². The Morgan fingerprint density at radius 1 is 1.17 bits per heavy atom. The molecule has 1 atom stereocenters. The Kier molecular flexibility index (Phi) is 4.62. The number of hydrogen-bond donors (Lipinski definition) is 1. The molecule has 122 valence electrons. The zero-order chi connectivity index (χ0) is 17.1. The van der Waals surface area contributed by atoms with Gasteiger partial charge in [0.2, 0.25) is 0 Å². The number of aromatic nitrogens is 2. The predicted octanol–water partition coefficient (Wildman–Crippen LogP) is 4.19. The van der Waals surface area contributed by atoms with Crippen LogP contribution in [0.2, 0.25) is 5.02 Å². The maximum absolute atomic E-state index is 12.4. The average Bonchev–Trinajstić information content (AvgIpc) is 3.02. The van der Waals surface area contributed by atoms with Crippen LogP contribution in [0.1, 0.15) is 34.7 Å². The third-order valence-corrected chi connectivity index (χ3v) is 3.99. The molecule has 0 aliphatic heterocycles. The lowest BCUT2D eigenvalue weighted by molar-refractivity contribution is 0.0940.